The molecular weight excluding hydrogens is 371 g/mol. The highest BCUT2D eigenvalue weighted by Gasteiger charge is 2.51. The number of benzene rings is 2. The van der Waals surface area contributed by atoms with Crippen molar-refractivity contribution in [2.75, 3.05) is 33.3 Å². The fraction of sp³-hybridized carbons (Fsp3) is 0.391. The Morgan fingerprint density at radius 2 is 1.90 bits per heavy atom. The summed E-state index contributed by atoms with van der Waals surface area (Å²) >= 11 is 0. The molecule has 2 fully saturated rings. The van der Waals surface area contributed by atoms with E-state index in [0.717, 1.165) is 19.4 Å². The van der Waals surface area contributed by atoms with Crippen molar-refractivity contribution in [1.82, 2.24) is 9.80 Å². The van der Waals surface area contributed by atoms with Gasteiger partial charge in [-0.2, -0.15) is 0 Å². The molecule has 0 aromatic heterocycles. The van der Waals surface area contributed by atoms with Gasteiger partial charge in [0.1, 0.15) is 11.6 Å². The van der Waals surface area contributed by atoms with E-state index in [0.29, 0.717) is 31.8 Å². The van der Waals surface area contributed by atoms with E-state index in [1.807, 2.05) is 23.1 Å². The minimum Gasteiger partial charge on any atom is -0.496 e. The van der Waals surface area contributed by atoms with Crippen LogP contribution in [0.4, 0.5) is 4.39 Å². The van der Waals surface area contributed by atoms with Crippen molar-refractivity contribution in [2.45, 2.75) is 19.3 Å². The Bertz CT molecular complexity index is 918. The van der Waals surface area contributed by atoms with E-state index in [1.54, 1.807) is 4.90 Å². The van der Waals surface area contributed by atoms with E-state index in [1.165, 1.54) is 30.9 Å². The molecular formula is C23H25FN2O3. The fourth-order valence-electron chi connectivity index (χ4n) is 4.46. The molecule has 2 aromatic carbocycles. The molecule has 0 saturated carbocycles. The van der Waals surface area contributed by atoms with Gasteiger partial charge < -0.3 is 14.5 Å². The first-order chi connectivity index (χ1) is 14.0. The fourth-order valence-corrected chi connectivity index (χ4v) is 4.46. The van der Waals surface area contributed by atoms with Crippen LogP contribution in [0.1, 0.15) is 28.8 Å². The van der Waals surface area contributed by atoms with Gasteiger partial charge in [-0.25, -0.2) is 4.39 Å². The van der Waals surface area contributed by atoms with Crippen LogP contribution in [0.2, 0.25) is 0 Å². The Morgan fingerprint density at radius 1 is 1.14 bits per heavy atom. The predicted octanol–water partition coefficient (Wildman–Crippen LogP) is 3.14. The Balaban J connectivity index is 1.43. The Morgan fingerprint density at radius 3 is 2.66 bits per heavy atom. The lowest BCUT2D eigenvalue weighted by atomic mass is 9.85. The second-order valence-corrected chi connectivity index (χ2v) is 7.88. The van der Waals surface area contributed by atoms with Crippen LogP contribution >= 0.6 is 0 Å². The van der Waals surface area contributed by atoms with E-state index in [-0.39, 0.29) is 17.4 Å². The van der Waals surface area contributed by atoms with E-state index < -0.39 is 11.2 Å². The van der Waals surface area contributed by atoms with Crippen molar-refractivity contribution >= 4 is 11.8 Å². The number of halogens is 1. The number of nitrogens with zero attached hydrogens (tertiary/aromatic N) is 2. The summed E-state index contributed by atoms with van der Waals surface area (Å²) in [6, 6.07) is 14.1. The third kappa shape index (κ3) is 3.71. The molecule has 0 N–H and O–H groups in total. The van der Waals surface area contributed by atoms with Crippen molar-refractivity contribution in [3.05, 3.63) is 65.5 Å². The zero-order valence-corrected chi connectivity index (χ0v) is 16.6. The number of rotatable bonds is 5. The van der Waals surface area contributed by atoms with Crippen LogP contribution in [0.3, 0.4) is 0 Å². The minimum atomic E-state index is -0.507. The summed E-state index contributed by atoms with van der Waals surface area (Å²) in [7, 11) is 1.46. The number of methoxy groups -OCH3 is 1. The zero-order chi connectivity index (χ0) is 20.4. The summed E-state index contributed by atoms with van der Waals surface area (Å²) in [5, 5.41) is 0. The highest BCUT2D eigenvalue weighted by atomic mass is 19.1. The molecule has 1 atom stereocenters. The lowest BCUT2D eigenvalue weighted by Gasteiger charge is -2.24. The molecule has 2 heterocycles. The van der Waals surface area contributed by atoms with Crippen molar-refractivity contribution in [3.8, 4) is 5.75 Å². The third-order valence-electron chi connectivity index (χ3n) is 6.15. The van der Waals surface area contributed by atoms with Crippen LogP contribution in [0.15, 0.2) is 48.5 Å². The smallest absolute Gasteiger partial charge is 0.257 e. The first-order valence-corrected chi connectivity index (χ1v) is 9.98. The van der Waals surface area contributed by atoms with Gasteiger partial charge in [-0.1, -0.05) is 30.3 Å². The van der Waals surface area contributed by atoms with Crippen molar-refractivity contribution in [1.29, 1.82) is 0 Å². The van der Waals surface area contributed by atoms with Gasteiger partial charge in [-0.3, -0.25) is 9.59 Å². The highest BCUT2D eigenvalue weighted by molar-refractivity contribution is 5.98. The van der Waals surface area contributed by atoms with Gasteiger partial charge in [0.2, 0.25) is 5.91 Å². The Hall–Kier alpha value is -2.89. The molecule has 2 amide bonds. The topological polar surface area (TPSA) is 49.9 Å². The molecule has 2 saturated heterocycles. The molecule has 2 aliphatic rings. The van der Waals surface area contributed by atoms with Crippen LogP contribution in [-0.4, -0.2) is 54.9 Å². The maximum absolute atomic E-state index is 13.7. The quantitative estimate of drug-likeness (QED) is 0.780. The van der Waals surface area contributed by atoms with Gasteiger partial charge in [0, 0.05) is 26.2 Å². The van der Waals surface area contributed by atoms with Crippen LogP contribution in [0.5, 0.6) is 5.75 Å². The standard InChI is InChI=1S/C23H25FN2O3/c1-29-20-8-7-18(24)15-19(20)21(27)26-14-11-23(16-26)10-13-25(22(23)28)12-9-17-5-3-2-4-6-17/h2-8,15H,9-14,16H2,1H3. The van der Waals surface area contributed by atoms with E-state index in [4.69, 9.17) is 4.74 Å². The molecule has 152 valence electrons. The van der Waals surface area contributed by atoms with Crippen LogP contribution < -0.4 is 4.74 Å². The maximum Gasteiger partial charge on any atom is 0.257 e. The first-order valence-electron chi connectivity index (χ1n) is 9.98. The second-order valence-electron chi connectivity index (χ2n) is 7.88. The van der Waals surface area contributed by atoms with Gasteiger partial charge in [0.25, 0.3) is 5.91 Å². The molecule has 2 aromatic rings. The van der Waals surface area contributed by atoms with Crippen molar-refractivity contribution in [3.63, 3.8) is 0 Å². The zero-order valence-electron chi connectivity index (χ0n) is 16.6. The summed E-state index contributed by atoms with van der Waals surface area (Å²) in [5.74, 6) is -0.282. The van der Waals surface area contributed by atoms with Gasteiger partial charge in [-0.15, -0.1) is 0 Å². The van der Waals surface area contributed by atoms with Gasteiger partial charge in [0.05, 0.1) is 18.1 Å². The lowest BCUT2D eigenvalue weighted by Crippen LogP contribution is -2.39. The number of amides is 2. The molecule has 0 radical (unpaired) electrons. The van der Waals surface area contributed by atoms with Gasteiger partial charge >= 0.3 is 0 Å². The van der Waals surface area contributed by atoms with Crippen molar-refractivity contribution in [2.24, 2.45) is 5.41 Å². The molecule has 4 rings (SSSR count). The second kappa shape index (κ2) is 7.85. The predicted molar refractivity (Wildman–Crippen MR) is 107 cm³/mol. The monoisotopic (exact) mass is 396 g/mol. The molecule has 0 aliphatic carbocycles. The normalized spacial score (nSPS) is 21.2. The lowest BCUT2D eigenvalue weighted by molar-refractivity contribution is -0.135. The number of carbonyl (C=O) groups is 2. The van der Waals surface area contributed by atoms with E-state index in [2.05, 4.69) is 12.1 Å². The molecule has 1 spiro atoms. The Kier molecular flexibility index (Phi) is 5.26. The molecule has 2 aliphatic heterocycles. The van der Waals surface area contributed by atoms with Gasteiger partial charge in [0.15, 0.2) is 0 Å². The third-order valence-corrected chi connectivity index (χ3v) is 6.15. The summed E-state index contributed by atoms with van der Waals surface area (Å²) in [6.45, 7) is 2.29. The average molecular weight is 396 g/mol. The minimum absolute atomic E-state index is 0.134. The summed E-state index contributed by atoms with van der Waals surface area (Å²) < 4.78 is 18.9. The largest absolute Gasteiger partial charge is 0.496 e. The summed E-state index contributed by atoms with van der Waals surface area (Å²) in [5.41, 5.74) is 0.908. The molecule has 5 nitrogen and oxygen atoms in total. The number of ether oxygens (including phenoxy) is 1. The number of hydrogen-bond acceptors (Lipinski definition) is 3. The average Bonchev–Trinajstić information content (AvgIpc) is 3.31. The molecule has 6 heteroatoms. The number of likely N-dealkylation sites (tertiary alicyclic amines) is 2. The van der Waals surface area contributed by atoms with Gasteiger partial charge in [-0.05, 0) is 43.0 Å². The van der Waals surface area contributed by atoms with Crippen molar-refractivity contribution < 1.29 is 18.7 Å². The van der Waals surface area contributed by atoms with Crippen LogP contribution in [0.25, 0.3) is 0 Å². The number of hydrogen-bond donors (Lipinski definition) is 0. The Labute approximate surface area is 170 Å². The first kappa shape index (κ1) is 19.4. The molecule has 0 bridgehead atoms. The SMILES string of the molecule is COc1ccc(F)cc1C(=O)N1CCC2(CCN(CCc3ccccc3)C2=O)C1. The van der Waals surface area contributed by atoms with Crippen LogP contribution in [-0.2, 0) is 11.2 Å². The maximum atomic E-state index is 13.7. The summed E-state index contributed by atoms with van der Waals surface area (Å²) in [4.78, 5) is 29.7. The van der Waals surface area contributed by atoms with E-state index >= 15 is 0 Å². The highest BCUT2D eigenvalue weighted by Crippen LogP contribution is 2.41. The molecule has 1 unspecified atom stereocenters. The summed E-state index contributed by atoms with van der Waals surface area (Å²) in [6.07, 6.45) is 2.23. The van der Waals surface area contributed by atoms with Crippen LogP contribution in [0, 0.1) is 11.2 Å². The molecule has 29 heavy (non-hydrogen) atoms. The van der Waals surface area contributed by atoms with E-state index in [9.17, 15) is 14.0 Å². The number of carbonyl (C=O) groups excluding carboxylic acids is 2.